The van der Waals surface area contributed by atoms with Gasteiger partial charge >= 0.3 is 0 Å². The number of anilines is 1. The molecule has 1 amide bonds. The largest absolute Gasteiger partial charge is 0.334 e. The number of halogens is 1. The van der Waals surface area contributed by atoms with Gasteiger partial charge in [-0.15, -0.1) is 0 Å². The summed E-state index contributed by atoms with van der Waals surface area (Å²) in [5, 5.41) is 2.75. The van der Waals surface area contributed by atoms with E-state index < -0.39 is 0 Å². The van der Waals surface area contributed by atoms with Crippen molar-refractivity contribution < 1.29 is 9.18 Å². The van der Waals surface area contributed by atoms with Gasteiger partial charge in [0.15, 0.2) is 0 Å². The lowest BCUT2D eigenvalue weighted by atomic mass is 10.3. The van der Waals surface area contributed by atoms with Gasteiger partial charge in [-0.25, -0.2) is 9.37 Å². The molecule has 0 bridgehead atoms. The van der Waals surface area contributed by atoms with Crippen LogP contribution in [0.25, 0.3) is 0 Å². The molecule has 1 fully saturated rings. The van der Waals surface area contributed by atoms with E-state index in [0.717, 1.165) is 45.1 Å². The van der Waals surface area contributed by atoms with Crippen LogP contribution < -0.4 is 5.32 Å². The molecule has 1 aliphatic rings. The number of carbonyl (C=O) groups excluding carboxylic acids is 1. The minimum absolute atomic E-state index is 0.104. The highest BCUT2D eigenvalue weighted by Crippen LogP contribution is 2.09. The summed E-state index contributed by atoms with van der Waals surface area (Å²) in [5.74, 6) is 0.584. The van der Waals surface area contributed by atoms with Gasteiger partial charge < -0.3 is 9.88 Å². The Kier molecular flexibility index (Phi) is 5.78. The zero-order chi connectivity index (χ0) is 17.6. The molecule has 0 atom stereocenters. The van der Waals surface area contributed by atoms with Crippen LogP contribution in [0, 0.1) is 12.7 Å². The van der Waals surface area contributed by atoms with Crippen molar-refractivity contribution in [1.82, 2.24) is 19.4 Å². The molecule has 1 saturated heterocycles. The van der Waals surface area contributed by atoms with Gasteiger partial charge in [-0.05, 0) is 25.1 Å². The van der Waals surface area contributed by atoms with Crippen molar-refractivity contribution in [2.75, 3.05) is 44.6 Å². The molecule has 25 heavy (non-hydrogen) atoms. The van der Waals surface area contributed by atoms with Gasteiger partial charge in [0.25, 0.3) is 0 Å². The molecule has 1 N–H and O–H groups in total. The van der Waals surface area contributed by atoms with Gasteiger partial charge in [0.1, 0.15) is 11.6 Å². The van der Waals surface area contributed by atoms with Gasteiger partial charge in [0.05, 0.1) is 6.54 Å². The van der Waals surface area contributed by atoms with E-state index in [4.69, 9.17) is 0 Å². The molecule has 0 saturated carbocycles. The highest BCUT2D eigenvalue weighted by atomic mass is 19.1. The van der Waals surface area contributed by atoms with Crippen LogP contribution >= 0.6 is 0 Å². The number of rotatable bonds is 6. The fraction of sp³-hybridized carbons (Fsp3) is 0.444. The summed E-state index contributed by atoms with van der Waals surface area (Å²) >= 11 is 0. The lowest BCUT2D eigenvalue weighted by molar-refractivity contribution is -0.117. The molecule has 0 unspecified atom stereocenters. The number of aryl methyl sites for hydroxylation is 1. The number of imidazole rings is 1. The lowest BCUT2D eigenvalue weighted by Gasteiger charge is -2.34. The summed E-state index contributed by atoms with van der Waals surface area (Å²) in [6.45, 7) is 7.88. The Balaban J connectivity index is 1.38. The molecule has 1 aromatic carbocycles. The molecular formula is C18H24FN5O. The van der Waals surface area contributed by atoms with Crippen LogP contribution in [0.15, 0.2) is 36.7 Å². The lowest BCUT2D eigenvalue weighted by Crippen LogP contribution is -2.49. The number of hydrogen-bond acceptors (Lipinski definition) is 4. The third-order valence-electron chi connectivity index (χ3n) is 4.52. The van der Waals surface area contributed by atoms with Crippen molar-refractivity contribution in [2.24, 2.45) is 0 Å². The Bertz CT molecular complexity index is 709. The Hall–Kier alpha value is -2.25. The monoisotopic (exact) mass is 345 g/mol. The van der Waals surface area contributed by atoms with Crippen molar-refractivity contribution in [3.63, 3.8) is 0 Å². The summed E-state index contributed by atoms with van der Waals surface area (Å²) in [4.78, 5) is 20.9. The summed E-state index contributed by atoms with van der Waals surface area (Å²) < 4.78 is 15.3. The Morgan fingerprint density at radius 1 is 1.20 bits per heavy atom. The van der Waals surface area contributed by atoms with Crippen LogP contribution in [0.5, 0.6) is 0 Å². The Labute approximate surface area is 147 Å². The summed E-state index contributed by atoms with van der Waals surface area (Å²) in [5.41, 5.74) is 0.499. The minimum atomic E-state index is -0.348. The normalized spacial score (nSPS) is 16.1. The molecule has 7 heteroatoms. The number of hydrogen-bond donors (Lipinski definition) is 1. The fourth-order valence-electron chi connectivity index (χ4n) is 3.03. The standard InChI is InChI=1S/C18H24FN5O/c1-15-20-5-6-24(15)12-11-22-7-9-23(10-8-22)14-18(25)21-17-4-2-3-16(19)13-17/h2-6,13H,7-12,14H2,1H3,(H,21,25). The maximum absolute atomic E-state index is 13.1. The van der Waals surface area contributed by atoms with Crippen LogP contribution in [0.1, 0.15) is 5.82 Å². The second-order valence-corrected chi connectivity index (χ2v) is 6.34. The number of nitrogens with zero attached hydrogens (tertiary/aromatic N) is 4. The third kappa shape index (κ3) is 5.11. The van der Waals surface area contributed by atoms with Crippen LogP contribution in [-0.2, 0) is 11.3 Å². The zero-order valence-corrected chi connectivity index (χ0v) is 14.5. The first-order valence-corrected chi connectivity index (χ1v) is 8.58. The maximum atomic E-state index is 13.1. The molecule has 0 spiro atoms. The van der Waals surface area contributed by atoms with Gasteiger partial charge in [0, 0.05) is 57.3 Å². The Morgan fingerprint density at radius 3 is 2.64 bits per heavy atom. The highest BCUT2D eigenvalue weighted by Gasteiger charge is 2.19. The van der Waals surface area contributed by atoms with Crippen molar-refractivity contribution in [3.05, 3.63) is 48.3 Å². The first kappa shape index (κ1) is 17.6. The van der Waals surface area contributed by atoms with E-state index in [9.17, 15) is 9.18 Å². The smallest absolute Gasteiger partial charge is 0.238 e. The quantitative estimate of drug-likeness (QED) is 0.864. The zero-order valence-electron chi connectivity index (χ0n) is 14.5. The van der Waals surface area contributed by atoms with E-state index in [2.05, 4.69) is 24.7 Å². The van der Waals surface area contributed by atoms with E-state index in [1.165, 1.54) is 12.1 Å². The van der Waals surface area contributed by atoms with Crippen LogP contribution in [-0.4, -0.2) is 64.5 Å². The van der Waals surface area contributed by atoms with Crippen LogP contribution in [0.2, 0.25) is 0 Å². The van der Waals surface area contributed by atoms with Crippen molar-refractivity contribution in [2.45, 2.75) is 13.5 Å². The number of aromatic nitrogens is 2. The molecule has 3 rings (SSSR count). The molecule has 2 heterocycles. The number of nitrogens with one attached hydrogen (secondary N) is 1. The molecule has 134 valence electrons. The van der Waals surface area contributed by atoms with E-state index >= 15 is 0 Å². The second-order valence-electron chi connectivity index (χ2n) is 6.34. The first-order chi connectivity index (χ1) is 12.1. The molecule has 0 radical (unpaired) electrons. The number of amides is 1. The summed E-state index contributed by atoms with van der Waals surface area (Å²) in [6, 6.07) is 5.97. The highest BCUT2D eigenvalue weighted by molar-refractivity contribution is 5.92. The molecule has 1 aliphatic heterocycles. The van der Waals surface area contributed by atoms with Crippen molar-refractivity contribution in [1.29, 1.82) is 0 Å². The topological polar surface area (TPSA) is 53.4 Å². The average Bonchev–Trinajstić information content (AvgIpc) is 2.99. The average molecular weight is 345 g/mol. The van der Waals surface area contributed by atoms with E-state index in [-0.39, 0.29) is 11.7 Å². The third-order valence-corrected chi connectivity index (χ3v) is 4.52. The number of benzene rings is 1. The van der Waals surface area contributed by atoms with Crippen molar-refractivity contribution in [3.8, 4) is 0 Å². The summed E-state index contributed by atoms with van der Waals surface area (Å²) in [6.07, 6.45) is 3.83. The van der Waals surface area contributed by atoms with Crippen LogP contribution in [0.3, 0.4) is 0 Å². The Morgan fingerprint density at radius 2 is 1.96 bits per heavy atom. The molecule has 6 nitrogen and oxygen atoms in total. The van der Waals surface area contributed by atoms with Gasteiger partial charge in [-0.2, -0.15) is 0 Å². The SMILES string of the molecule is Cc1nccn1CCN1CCN(CC(=O)Nc2cccc(F)c2)CC1. The van der Waals surface area contributed by atoms with Crippen molar-refractivity contribution >= 4 is 11.6 Å². The molecule has 2 aromatic rings. The maximum Gasteiger partial charge on any atom is 0.238 e. The van der Waals surface area contributed by atoms with Crippen LogP contribution in [0.4, 0.5) is 10.1 Å². The fourth-order valence-corrected chi connectivity index (χ4v) is 3.03. The predicted molar refractivity (Wildman–Crippen MR) is 94.9 cm³/mol. The summed E-state index contributed by atoms with van der Waals surface area (Å²) in [7, 11) is 0. The molecule has 0 aliphatic carbocycles. The van der Waals surface area contributed by atoms with Gasteiger partial charge in [-0.3, -0.25) is 14.6 Å². The van der Waals surface area contributed by atoms with Gasteiger partial charge in [0.2, 0.25) is 5.91 Å². The van der Waals surface area contributed by atoms with E-state index in [1.807, 2.05) is 19.3 Å². The molecular weight excluding hydrogens is 321 g/mol. The minimum Gasteiger partial charge on any atom is -0.334 e. The predicted octanol–water partition coefficient (Wildman–Crippen LogP) is 1.59. The van der Waals surface area contributed by atoms with E-state index in [1.54, 1.807) is 12.1 Å². The number of carbonyl (C=O) groups is 1. The number of piperazine rings is 1. The molecule has 1 aromatic heterocycles. The van der Waals surface area contributed by atoms with E-state index in [0.29, 0.717) is 12.2 Å². The van der Waals surface area contributed by atoms with Gasteiger partial charge in [-0.1, -0.05) is 6.07 Å². The second kappa shape index (κ2) is 8.22. The first-order valence-electron chi connectivity index (χ1n) is 8.58.